The van der Waals surface area contributed by atoms with E-state index in [-0.39, 0.29) is 31.1 Å². The number of aliphatic hydroxyl groups is 1. The highest BCUT2D eigenvalue weighted by atomic mass is 35.5. The summed E-state index contributed by atoms with van der Waals surface area (Å²) in [5.41, 5.74) is 0.560. The first kappa shape index (κ1) is 13.6. The Hall–Kier alpha value is -1.78. The standard InChI is InChI=1S/C14H14ClNO3/c15-12-5-2-1-4-11(12)10-19-13-6-3-7-16(8-9-17)14(13)18/h1-7,17H,8-10H2. The molecule has 100 valence electrons. The highest BCUT2D eigenvalue weighted by Gasteiger charge is 2.05. The van der Waals surface area contributed by atoms with Gasteiger partial charge in [0.1, 0.15) is 6.61 Å². The van der Waals surface area contributed by atoms with Crippen LogP contribution in [0.5, 0.6) is 5.75 Å². The Kier molecular flexibility index (Phi) is 4.60. The van der Waals surface area contributed by atoms with E-state index in [2.05, 4.69) is 0 Å². The molecule has 0 aliphatic heterocycles. The predicted octanol–water partition coefficient (Wildman–Crippen LogP) is 2.07. The van der Waals surface area contributed by atoms with Gasteiger partial charge in [-0.25, -0.2) is 0 Å². The van der Waals surface area contributed by atoms with Gasteiger partial charge in [-0.2, -0.15) is 0 Å². The monoisotopic (exact) mass is 279 g/mol. The molecular formula is C14H14ClNO3. The topological polar surface area (TPSA) is 51.5 Å². The zero-order chi connectivity index (χ0) is 13.7. The predicted molar refractivity (Wildman–Crippen MR) is 73.6 cm³/mol. The number of aliphatic hydroxyl groups excluding tert-OH is 1. The quantitative estimate of drug-likeness (QED) is 0.912. The van der Waals surface area contributed by atoms with Crippen molar-refractivity contribution >= 4 is 11.6 Å². The van der Waals surface area contributed by atoms with Crippen LogP contribution in [0.3, 0.4) is 0 Å². The molecule has 2 aromatic rings. The summed E-state index contributed by atoms with van der Waals surface area (Å²) in [5, 5.41) is 9.47. The Morgan fingerprint density at radius 3 is 2.74 bits per heavy atom. The van der Waals surface area contributed by atoms with Gasteiger partial charge in [0.2, 0.25) is 0 Å². The summed E-state index contributed by atoms with van der Waals surface area (Å²) in [7, 11) is 0. The lowest BCUT2D eigenvalue weighted by atomic mass is 10.2. The minimum atomic E-state index is -0.261. The van der Waals surface area contributed by atoms with Crippen molar-refractivity contribution < 1.29 is 9.84 Å². The summed E-state index contributed by atoms with van der Waals surface area (Å²) < 4.78 is 6.90. The first-order valence-electron chi connectivity index (χ1n) is 5.89. The van der Waals surface area contributed by atoms with Crippen LogP contribution < -0.4 is 10.3 Å². The number of hydrogen-bond acceptors (Lipinski definition) is 3. The lowest BCUT2D eigenvalue weighted by Gasteiger charge is -2.09. The van der Waals surface area contributed by atoms with Crippen molar-refractivity contribution in [2.75, 3.05) is 6.61 Å². The van der Waals surface area contributed by atoms with Gasteiger partial charge < -0.3 is 14.4 Å². The van der Waals surface area contributed by atoms with E-state index in [9.17, 15) is 4.79 Å². The number of pyridine rings is 1. The summed E-state index contributed by atoms with van der Waals surface area (Å²) in [6.07, 6.45) is 1.61. The molecule has 0 amide bonds. The van der Waals surface area contributed by atoms with Gasteiger partial charge in [0.25, 0.3) is 5.56 Å². The van der Waals surface area contributed by atoms with E-state index >= 15 is 0 Å². The molecule has 0 bridgehead atoms. The summed E-state index contributed by atoms with van der Waals surface area (Å²) >= 11 is 6.01. The Bertz CT molecular complexity index is 610. The maximum Gasteiger partial charge on any atom is 0.292 e. The number of nitrogens with zero attached hydrogens (tertiary/aromatic N) is 1. The zero-order valence-corrected chi connectivity index (χ0v) is 11.0. The molecule has 1 heterocycles. The molecule has 19 heavy (non-hydrogen) atoms. The van der Waals surface area contributed by atoms with Crippen LogP contribution >= 0.6 is 11.6 Å². The van der Waals surface area contributed by atoms with Gasteiger partial charge in [-0.1, -0.05) is 29.8 Å². The number of ether oxygens (including phenoxy) is 1. The fourth-order valence-electron chi connectivity index (χ4n) is 1.68. The molecule has 0 unspecified atom stereocenters. The minimum absolute atomic E-state index is 0.0894. The highest BCUT2D eigenvalue weighted by Crippen LogP contribution is 2.16. The Balaban J connectivity index is 2.14. The fourth-order valence-corrected chi connectivity index (χ4v) is 1.87. The van der Waals surface area contributed by atoms with Crippen LogP contribution in [0.1, 0.15) is 5.56 Å². The Labute approximate surface area is 115 Å². The molecule has 2 rings (SSSR count). The van der Waals surface area contributed by atoms with Crippen molar-refractivity contribution in [3.8, 4) is 5.75 Å². The lowest BCUT2D eigenvalue weighted by molar-refractivity contribution is 0.268. The zero-order valence-electron chi connectivity index (χ0n) is 10.3. The van der Waals surface area contributed by atoms with E-state index in [1.807, 2.05) is 18.2 Å². The SMILES string of the molecule is O=c1c(OCc2ccccc2Cl)cccn1CCO. The average Bonchev–Trinajstić information content (AvgIpc) is 2.42. The normalized spacial score (nSPS) is 10.4. The molecule has 0 saturated heterocycles. The highest BCUT2D eigenvalue weighted by molar-refractivity contribution is 6.31. The van der Waals surface area contributed by atoms with Crippen molar-refractivity contribution in [2.24, 2.45) is 0 Å². The van der Waals surface area contributed by atoms with Crippen LogP contribution in [0.2, 0.25) is 5.02 Å². The van der Waals surface area contributed by atoms with Crippen LogP contribution in [0, 0.1) is 0 Å². The second-order valence-electron chi connectivity index (χ2n) is 3.97. The van der Waals surface area contributed by atoms with E-state index in [0.29, 0.717) is 5.02 Å². The molecule has 0 fully saturated rings. The molecule has 0 atom stereocenters. The number of aromatic nitrogens is 1. The lowest BCUT2D eigenvalue weighted by Crippen LogP contribution is -2.22. The van der Waals surface area contributed by atoms with Crippen molar-refractivity contribution in [3.05, 3.63) is 63.5 Å². The van der Waals surface area contributed by atoms with Gasteiger partial charge in [-0.15, -0.1) is 0 Å². The summed E-state index contributed by atoms with van der Waals surface area (Å²) in [5.74, 6) is 0.246. The third kappa shape index (κ3) is 3.36. The second kappa shape index (κ2) is 6.41. The molecule has 0 spiro atoms. The summed E-state index contributed by atoms with van der Waals surface area (Å²) in [6.45, 7) is 0.397. The van der Waals surface area contributed by atoms with E-state index in [4.69, 9.17) is 21.4 Å². The van der Waals surface area contributed by atoms with Crippen molar-refractivity contribution in [1.82, 2.24) is 4.57 Å². The van der Waals surface area contributed by atoms with Gasteiger partial charge >= 0.3 is 0 Å². The first-order chi connectivity index (χ1) is 9.22. The van der Waals surface area contributed by atoms with Crippen LogP contribution in [0.15, 0.2) is 47.4 Å². The average molecular weight is 280 g/mol. The summed E-state index contributed by atoms with van der Waals surface area (Å²) in [4.78, 5) is 12.0. The molecule has 1 N–H and O–H groups in total. The van der Waals surface area contributed by atoms with Gasteiger partial charge in [-0.3, -0.25) is 4.79 Å². The second-order valence-corrected chi connectivity index (χ2v) is 4.38. The molecule has 0 aliphatic rings. The first-order valence-corrected chi connectivity index (χ1v) is 6.26. The Morgan fingerprint density at radius 1 is 1.21 bits per heavy atom. The molecule has 4 nitrogen and oxygen atoms in total. The van der Waals surface area contributed by atoms with Gasteiger partial charge in [0.05, 0.1) is 6.61 Å². The van der Waals surface area contributed by atoms with Crippen molar-refractivity contribution in [1.29, 1.82) is 0 Å². The largest absolute Gasteiger partial charge is 0.483 e. The third-order valence-corrected chi connectivity index (χ3v) is 3.04. The molecule has 0 radical (unpaired) electrons. The Morgan fingerprint density at radius 2 is 2.00 bits per heavy atom. The van der Waals surface area contributed by atoms with Crippen LogP contribution in [-0.4, -0.2) is 16.3 Å². The molecular weight excluding hydrogens is 266 g/mol. The van der Waals surface area contributed by atoms with Gasteiger partial charge in [0, 0.05) is 23.3 Å². The number of benzene rings is 1. The minimum Gasteiger partial charge on any atom is -0.483 e. The number of halogens is 1. The van der Waals surface area contributed by atoms with Crippen LogP contribution in [-0.2, 0) is 13.2 Å². The van der Waals surface area contributed by atoms with E-state index in [0.717, 1.165) is 5.56 Å². The molecule has 0 saturated carbocycles. The fraction of sp³-hybridized carbons (Fsp3) is 0.214. The van der Waals surface area contributed by atoms with Crippen molar-refractivity contribution in [3.63, 3.8) is 0 Å². The van der Waals surface area contributed by atoms with Crippen LogP contribution in [0.25, 0.3) is 0 Å². The van der Waals surface area contributed by atoms with E-state index < -0.39 is 0 Å². The van der Waals surface area contributed by atoms with E-state index in [1.54, 1.807) is 24.4 Å². The third-order valence-electron chi connectivity index (χ3n) is 2.67. The maximum atomic E-state index is 12.0. The van der Waals surface area contributed by atoms with E-state index in [1.165, 1.54) is 4.57 Å². The van der Waals surface area contributed by atoms with Crippen molar-refractivity contribution in [2.45, 2.75) is 13.2 Å². The summed E-state index contributed by atoms with van der Waals surface area (Å²) in [6, 6.07) is 10.6. The maximum absolute atomic E-state index is 12.0. The number of rotatable bonds is 5. The molecule has 0 aliphatic carbocycles. The smallest absolute Gasteiger partial charge is 0.292 e. The van der Waals surface area contributed by atoms with Crippen LogP contribution in [0.4, 0.5) is 0 Å². The molecule has 1 aromatic carbocycles. The van der Waals surface area contributed by atoms with Gasteiger partial charge in [-0.05, 0) is 18.2 Å². The number of hydrogen-bond donors (Lipinski definition) is 1. The molecule has 1 aromatic heterocycles. The molecule has 5 heteroatoms. The van der Waals surface area contributed by atoms with Gasteiger partial charge in [0.15, 0.2) is 5.75 Å².